The van der Waals surface area contributed by atoms with Crippen LogP contribution in [0.2, 0.25) is 16.6 Å². The van der Waals surface area contributed by atoms with Crippen LogP contribution in [0.3, 0.4) is 0 Å². The summed E-state index contributed by atoms with van der Waals surface area (Å²) in [5.74, 6) is 0. The predicted octanol–water partition coefficient (Wildman–Crippen LogP) is 5.53. The van der Waals surface area contributed by atoms with Gasteiger partial charge < -0.3 is 0 Å². The van der Waals surface area contributed by atoms with Crippen LogP contribution in [0.5, 0.6) is 0 Å². The Morgan fingerprint density at radius 3 is 2.43 bits per heavy atom. The van der Waals surface area contributed by atoms with Gasteiger partial charge >= 0.3 is 0 Å². The van der Waals surface area contributed by atoms with E-state index in [0.29, 0.717) is 10.5 Å². The lowest BCUT2D eigenvalue weighted by Crippen LogP contribution is -2.45. The number of fused-ring (bicyclic) bond motifs is 1. The smallest absolute Gasteiger partial charge is 0.0690 e. The van der Waals surface area contributed by atoms with E-state index in [2.05, 4.69) is 68.2 Å². The molecule has 1 aliphatic heterocycles. The van der Waals surface area contributed by atoms with E-state index < -0.39 is 8.07 Å². The molecular formula is C21H27NSi. The van der Waals surface area contributed by atoms with Gasteiger partial charge in [-0.05, 0) is 52.6 Å². The normalized spacial score (nSPS) is 32.6. The molecule has 2 heteroatoms. The number of benzene rings is 1. The van der Waals surface area contributed by atoms with Gasteiger partial charge in [0.2, 0.25) is 0 Å². The molecule has 1 aromatic carbocycles. The van der Waals surface area contributed by atoms with E-state index >= 15 is 0 Å². The second-order valence-electron chi connectivity index (χ2n) is 8.68. The molecule has 3 atom stereocenters. The molecule has 0 radical (unpaired) electrons. The van der Waals surface area contributed by atoms with Gasteiger partial charge in [-0.2, -0.15) is 0 Å². The molecule has 2 aliphatic rings. The van der Waals surface area contributed by atoms with E-state index in [9.17, 15) is 0 Å². The van der Waals surface area contributed by atoms with Crippen molar-refractivity contribution < 1.29 is 0 Å². The van der Waals surface area contributed by atoms with Gasteiger partial charge in [0.05, 0.1) is 8.07 Å². The van der Waals surface area contributed by atoms with Crippen LogP contribution in [-0.2, 0) is 11.5 Å². The molecule has 0 spiro atoms. The third kappa shape index (κ3) is 2.22. The summed E-state index contributed by atoms with van der Waals surface area (Å²) in [5.41, 5.74) is 4.38. The highest BCUT2D eigenvalue weighted by Crippen LogP contribution is 2.76. The summed E-state index contributed by atoms with van der Waals surface area (Å²) >= 11 is 0. The fourth-order valence-electron chi connectivity index (χ4n) is 5.36. The molecular weight excluding hydrogens is 294 g/mol. The van der Waals surface area contributed by atoms with Crippen molar-refractivity contribution in [3.05, 3.63) is 66.0 Å². The zero-order valence-corrected chi connectivity index (χ0v) is 15.5. The number of nitrogens with zero attached hydrogens (tertiary/aromatic N) is 1. The first-order valence-corrected chi connectivity index (χ1v) is 11.4. The molecule has 1 saturated heterocycles. The van der Waals surface area contributed by atoms with Gasteiger partial charge in [0.15, 0.2) is 0 Å². The number of hydrogen-bond acceptors (Lipinski definition) is 1. The van der Waals surface area contributed by atoms with E-state index in [1.807, 2.05) is 12.3 Å². The molecule has 1 aliphatic carbocycles. The Morgan fingerprint density at radius 2 is 1.83 bits per heavy atom. The van der Waals surface area contributed by atoms with Gasteiger partial charge in [0, 0.05) is 11.9 Å². The summed E-state index contributed by atoms with van der Waals surface area (Å²) in [4.78, 5) is 4.68. The molecule has 120 valence electrons. The van der Waals surface area contributed by atoms with E-state index in [-0.39, 0.29) is 0 Å². The maximum absolute atomic E-state index is 4.68. The first-order valence-electron chi connectivity index (χ1n) is 8.93. The van der Waals surface area contributed by atoms with Crippen molar-refractivity contribution in [1.82, 2.24) is 4.98 Å². The summed E-state index contributed by atoms with van der Waals surface area (Å²) in [7, 11) is -1.42. The van der Waals surface area contributed by atoms with Gasteiger partial charge in [-0.1, -0.05) is 63.2 Å². The zero-order chi connectivity index (χ0) is 16.1. The van der Waals surface area contributed by atoms with Crippen LogP contribution in [0.4, 0.5) is 0 Å². The number of aromatic nitrogens is 1. The fraction of sp³-hybridized carbons (Fsp3) is 0.476. The highest BCUT2D eigenvalue weighted by atomic mass is 28.3. The lowest BCUT2D eigenvalue weighted by Gasteiger charge is -2.42. The van der Waals surface area contributed by atoms with Crippen LogP contribution in [0.15, 0.2) is 54.7 Å². The van der Waals surface area contributed by atoms with E-state index in [1.54, 1.807) is 5.56 Å². The maximum atomic E-state index is 4.68. The van der Waals surface area contributed by atoms with E-state index in [4.69, 9.17) is 0 Å². The van der Waals surface area contributed by atoms with Gasteiger partial charge in [-0.15, -0.1) is 0 Å². The van der Waals surface area contributed by atoms with Crippen molar-refractivity contribution in [1.29, 1.82) is 0 Å². The highest BCUT2D eigenvalue weighted by molar-refractivity contribution is 6.85. The summed E-state index contributed by atoms with van der Waals surface area (Å²) in [6, 6.07) is 20.5. The second-order valence-corrected chi connectivity index (χ2v) is 14.0. The van der Waals surface area contributed by atoms with Crippen molar-refractivity contribution >= 4 is 8.07 Å². The van der Waals surface area contributed by atoms with Crippen molar-refractivity contribution in [2.75, 3.05) is 0 Å². The predicted molar refractivity (Wildman–Crippen MR) is 99.3 cm³/mol. The molecule has 2 aromatic rings. The molecule has 2 heterocycles. The van der Waals surface area contributed by atoms with Crippen LogP contribution < -0.4 is 0 Å². The molecule has 1 unspecified atom stereocenters. The van der Waals surface area contributed by atoms with Gasteiger partial charge in [0.1, 0.15) is 0 Å². The molecule has 2 fully saturated rings. The summed E-state index contributed by atoms with van der Waals surface area (Å²) < 4.78 is 0. The van der Waals surface area contributed by atoms with Crippen LogP contribution in [0, 0.1) is 0 Å². The fourth-order valence-corrected chi connectivity index (χ4v) is 12.3. The average Bonchev–Trinajstić information content (AvgIpc) is 3.21. The first-order chi connectivity index (χ1) is 11.0. The monoisotopic (exact) mass is 321 g/mol. The Hall–Kier alpha value is -1.41. The number of hydrogen-bond donors (Lipinski definition) is 0. The minimum atomic E-state index is -1.42. The Balaban J connectivity index is 1.70. The molecule has 0 N–H and O–H groups in total. The van der Waals surface area contributed by atoms with Crippen molar-refractivity contribution in [2.45, 2.75) is 61.7 Å². The molecule has 0 bridgehead atoms. The minimum absolute atomic E-state index is 0.447. The highest BCUT2D eigenvalue weighted by Gasteiger charge is 2.72. The topological polar surface area (TPSA) is 12.9 Å². The Bertz CT molecular complexity index is 691. The van der Waals surface area contributed by atoms with Gasteiger partial charge in [-0.3, -0.25) is 4.98 Å². The molecule has 1 saturated carbocycles. The lowest BCUT2D eigenvalue weighted by molar-refractivity contribution is 0.679. The van der Waals surface area contributed by atoms with Crippen molar-refractivity contribution in [3.8, 4) is 0 Å². The SMILES string of the molecule is CC(C)(C)[Si]1(Cc2ccccn2)CC[C@@]2(c3ccccc3)C[C@H]21. The standard InChI is InChI=1S/C21H27NSi/c1-20(2,3)23(16-18-11-7-8-13-22-18)14-12-21(15-19(21)23)17-9-5-4-6-10-17/h4-11,13,19H,12,14-16H2,1-3H3/t19-,21+,23?/m1/s1. The maximum Gasteiger partial charge on any atom is 0.0690 e. The number of pyridine rings is 1. The van der Waals surface area contributed by atoms with Gasteiger partial charge in [-0.25, -0.2) is 0 Å². The first kappa shape index (κ1) is 15.1. The Labute approximate surface area is 141 Å². The van der Waals surface area contributed by atoms with Crippen LogP contribution in [0.1, 0.15) is 44.9 Å². The van der Waals surface area contributed by atoms with Crippen LogP contribution in [0.25, 0.3) is 0 Å². The van der Waals surface area contributed by atoms with Gasteiger partial charge in [0.25, 0.3) is 0 Å². The van der Waals surface area contributed by atoms with Crippen LogP contribution in [-0.4, -0.2) is 13.1 Å². The van der Waals surface area contributed by atoms with Crippen molar-refractivity contribution in [3.63, 3.8) is 0 Å². The molecule has 23 heavy (non-hydrogen) atoms. The minimum Gasteiger partial charge on any atom is -0.262 e. The molecule has 1 aromatic heterocycles. The molecule has 1 nitrogen and oxygen atoms in total. The quantitative estimate of drug-likeness (QED) is 0.678. The van der Waals surface area contributed by atoms with E-state index in [1.165, 1.54) is 30.6 Å². The number of rotatable bonds is 3. The Morgan fingerprint density at radius 1 is 1.09 bits per heavy atom. The van der Waals surface area contributed by atoms with Crippen LogP contribution >= 0.6 is 0 Å². The molecule has 4 rings (SSSR count). The molecule has 0 amide bonds. The van der Waals surface area contributed by atoms with E-state index in [0.717, 1.165) is 5.54 Å². The zero-order valence-electron chi connectivity index (χ0n) is 14.5. The average molecular weight is 322 g/mol. The summed E-state index contributed by atoms with van der Waals surface area (Å²) in [6.45, 7) is 7.50. The lowest BCUT2D eigenvalue weighted by atomic mass is 9.94. The third-order valence-corrected chi connectivity index (χ3v) is 14.0. The van der Waals surface area contributed by atoms with Crippen molar-refractivity contribution in [2.24, 2.45) is 0 Å². The summed E-state index contributed by atoms with van der Waals surface area (Å²) in [5, 5.41) is 0.447. The summed E-state index contributed by atoms with van der Waals surface area (Å²) in [6.07, 6.45) is 4.79. The third-order valence-electron chi connectivity index (χ3n) is 6.82. The largest absolute Gasteiger partial charge is 0.262 e. The second kappa shape index (κ2) is 5.04. The Kier molecular flexibility index (Phi) is 3.32.